The smallest absolute Gasteiger partial charge is 0.341 e. The van der Waals surface area contributed by atoms with Gasteiger partial charge in [0.15, 0.2) is 12.4 Å². The van der Waals surface area contributed by atoms with E-state index in [1.807, 2.05) is 24.3 Å². The van der Waals surface area contributed by atoms with Gasteiger partial charge in [-0.1, -0.05) is 23.7 Å². The molecule has 0 bridgehead atoms. The van der Waals surface area contributed by atoms with Crippen molar-refractivity contribution in [3.8, 4) is 5.75 Å². The maximum absolute atomic E-state index is 12.6. The van der Waals surface area contributed by atoms with Crippen LogP contribution in [-0.2, 0) is 16.1 Å². The lowest BCUT2D eigenvalue weighted by molar-refractivity contribution is -0.135. The van der Waals surface area contributed by atoms with Gasteiger partial charge in [-0.3, -0.25) is 14.5 Å². The van der Waals surface area contributed by atoms with Crippen molar-refractivity contribution in [1.29, 1.82) is 0 Å². The van der Waals surface area contributed by atoms with E-state index >= 15 is 0 Å². The van der Waals surface area contributed by atoms with Crippen molar-refractivity contribution in [3.05, 3.63) is 64.2 Å². The molecule has 1 fully saturated rings. The van der Waals surface area contributed by atoms with Crippen LogP contribution in [0.5, 0.6) is 5.75 Å². The van der Waals surface area contributed by atoms with Crippen molar-refractivity contribution >= 4 is 29.3 Å². The maximum Gasteiger partial charge on any atom is 0.341 e. The molecule has 31 heavy (non-hydrogen) atoms. The average molecular weight is 445 g/mol. The molecule has 1 amide bonds. The summed E-state index contributed by atoms with van der Waals surface area (Å²) in [5, 5.41) is 0.713. The quantitative estimate of drug-likeness (QED) is 0.482. The topological polar surface area (TPSA) is 76.2 Å². The Balaban J connectivity index is 1.54. The van der Waals surface area contributed by atoms with Crippen molar-refractivity contribution in [1.82, 2.24) is 9.80 Å². The molecule has 3 rings (SSSR count). The minimum absolute atomic E-state index is 0.121. The Morgan fingerprint density at radius 2 is 1.68 bits per heavy atom. The molecule has 1 aliphatic heterocycles. The SMILES string of the molecule is COC(=O)c1cc(C(C)=O)ccc1OCC(=O)N1CCN(Cc2ccc(Cl)cc2)CC1. The number of hydrogen-bond acceptors (Lipinski definition) is 6. The summed E-state index contributed by atoms with van der Waals surface area (Å²) in [6.45, 7) is 4.74. The highest BCUT2D eigenvalue weighted by Crippen LogP contribution is 2.22. The van der Waals surface area contributed by atoms with E-state index in [1.165, 1.54) is 31.7 Å². The van der Waals surface area contributed by atoms with E-state index in [1.54, 1.807) is 11.0 Å². The van der Waals surface area contributed by atoms with Gasteiger partial charge in [-0.05, 0) is 42.8 Å². The Hall–Kier alpha value is -2.90. The molecule has 0 aliphatic carbocycles. The van der Waals surface area contributed by atoms with Crippen molar-refractivity contribution < 1.29 is 23.9 Å². The standard InChI is InChI=1S/C23H25ClN2O5/c1-16(27)18-5-8-21(20(13-18)23(29)30-2)31-15-22(28)26-11-9-25(10-12-26)14-17-3-6-19(24)7-4-17/h3-8,13H,9-12,14-15H2,1-2H3. The number of methoxy groups -OCH3 is 1. The number of rotatable bonds is 7. The number of benzene rings is 2. The number of Topliss-reactive ketones (excluding diaryl/α,β-unsaturated/α-hetero) is 1. The summed E-state index contributed by atoms with van der Waals surface area (Å²) in [5.41, 5.74) is 1.67. The predicted molar refractivity (Wildman–Crippen MR) is 117 cm³/mol. The molecule has 0 atom stereocenters. The molecular weight excluding hydrogens is 420 g/mol. The number of piperazine rings is 1. The zero-order valence-electron chi connectivity index (χ0n) is 17.6. The molecule has 0 aromatic heterocycles. The second-order valence-electron chi connectivity index (χ2n) is 7.33. The molecule has 1 heterocycles. The van der Waals surface area contributed by atoms with E-state index in [0.717, 1.165) is 19.6 Å². The van der Waals surface area contributed by atoms with Crippen LogP contribution < -0.4 is 4.74 Å². The Kier molecular flexibility index (Phi) is 7.65. The molecule has 0 spiro atoms. The highest BCUT2D eigenvalue weighted by atomic mass is 35.5. The van der Waals surface area contributed by atoms with Crippen molar-refractivity contribution in [2.24, 2.45) is 0 Å². The summed E-state index contributed by atoms with van der Waals surface area (Å²) in [7, 11) is 1.25. The van der Waals surface area contributed by atoms with Gasteiger partial charge in [0.05, 0.1) is 7.11 Å². The zero-order valence-corrected chi connectivity index (χ0v) is 18.4. The first kappa shape index (κ1) is 22.8. The number of esters is 1. The van der Waals surface area contributed by atoms with E-state index in [-0.39, 0.29) is 29.6 Å². The molecule has 7 nitrogen and oxygen atoms in total. The van der Waals surface area contributed by atoms with Gasteiger partial charge < -0.3 is 14.4 Å². The Morgan fingerprint density at radius 3 is 2.29 bits per heavy atom. The molecule has 1 saturated heterocycles. The number of hydrogen-bond donors (Lipinski definition) is 0. The fourth-order valence-corrected chi connectivity index (χ4v) is 3.50. The van der Waals surface area contributed by atoms with Crippen molar-refractivity contribution in [2.75, 3.05) is 39.9 Å². The largest absolute Gasteiger partial charge is 0.483 e. The Bertz CT molecular complexity index is 953. The number of carbonyl (C=O) groups excluding carboxylic acids is 3. The summed E-state index contributed by atoms with van der Waals surface area (Å²) < 4.78 is 10.4. The maximum atomic E-state index is 12.6. The molecule has 0 saturated carbocycles. The molecule has 0 unspecified atom stereocenters. The highest BCUT2D eigenvalue weighted by molar-refractivity contribution is 6.30. The number of amides is 1. The number of carbonyl (C=O) groups is 3. The van der Waals surface area contributed by atoms with Crippen molar-refractivity contribution in [2.45, 2.75) is 13.5 Å². The third-order valence-electron chi connectivity index (χ3n) is 5.19. The normalized spacial score (nSPS) is 14.2. The second-order valence-corrected chi connectivity index (χ2v) is 7.77. The van der Waals surface area contributed by atoms with Gasteiger partial charge in [-0.15, -0.1) is 0 Å². The molecule has 164 valence electrons. The number of ketones is 1. The van der Waals surface area contributed by atoms with Crippen LogP contribution in [0.15, 0.2) is 42.5 Å². The van der Waals surface area contributed by atoms with E-state index in [2.05, 4.69) is 4.90 Å². The minimum Gasteiger partial charge on any atom is -0.483 e. The summed E-state index contributed by atoms with van der Waals surface area (Å²) in [6.07, 6.45) is 0. The molecule has 0 radical (unpaired) electrons. The van der Waals surface area contributed by atoms with E-state index in [9.17, 15) is 14.4 Å². The fourth-order valence-electron chi connectivity index (χ4n) is 3.38. The number of halogens is 1. The third-order valence-corrected chi connectivity index (χ3v) is 5.44. The van der Waals surface area contributed by atoms with Gasteiger partial charge in [0.1, 0.15) is 11.3 Å². The molecule has 1 aliphatic rings. The van der Waals surface area contributed by atoms with Crippen LogP contribution in [0.3, 0.4) is 0 Å². The van der Waals surface area contributed by atoms with Crippen LogP contribution in [0.25, 0.3) is 0 Å². The average Bonchev–Trinajstić information content (AvgIpc) is 2.78. The van der Waals surface area contributed by atoms with Gasteiger partial charge >= 0.3 is 5.97 Å². The van der Waals surface area contributed by atoms with Gasteiger partial charge in [-0.2, -0.15) is 0 Å². The van der Waals surface area contributed by atoms with Crippen molar-refractivity contribution in [3.63, 3.8) is 0 Å². The fraction of sp³-hybridized carbons (Fsp3) is 0.348. The summed E-state index contributed by atoms with van der Waals surface area (Å²) in [6, 6.07) is 12.3. The lowest BCUT2D eigenvalue weighted by Crippen LogP contribution is -2.49. The first-order valence-corrected chi connectivity index (χ1v) is 10.4. The van der Waals surface area contributed by atoms with Gasteiger partial charge in [0, 0.05) is 43.3 Å². The number of ether oxygens (including phenoxy) is 2. The van der Waals surface area contributed by atoms with Gasteiger partial charge in [-0.25, -0.2) is 4.79 Å². The molecule has 0 N–H and O–H groups in total. The summed E-state index contributed by atoms with van der Waals surface area (Å²) in [5.74, 6) is -0.741. The monoisotopic (exact) mass is 444 g/mol. The summed E-state index contributed by atoms with van der Waals surface area (Å²) >= 11 is 5.93. The van der Waals surface area contributed by atoms with Crippen LogP contribution in [-0.4, -0.2) is 67.4 Å². The number of nitrogens with zero attached hydrogens (tertiary/aromatic N) is 2. The first-order valence-electron chi connectivity index (χ1n) is 9.98. The van der Waals surface area contributed by atoms with Crippen LogP contribution in [0.1, 0.15) is 33.2 Å². The van der Waals surface area contributed by atoms with E-state index in [4.69, 9.17) is 21.1 Å². The lowest BCUT2D eigenvalue weighted by atomic mass is 10.1. The second kappa shape index (κ2) is 10.4. The van der Waals surface area contributed by atoms with E-state index < -0.39 is 5.97 Å². The first-order chi connectivity index (χ1) is 14.9. The van der Waals surface area contributed by atoms with Crippen LogP contribution in [0.2, 0.25) is 5.02 Å². The third kappa shape index (κ3) is 6.06. The zero-order chi connectivity index (χ0) is 22.4. The lowest BCUT2D eigenvalue weighted by Gasteiger charge is -2.34. The van der Waals surface area contributed by atoms with Gasteiger partial charge in [0.25, 0.3) is 5.91 Å². The highest BCUT2D eigenvalue weighted by Gasteiger charge is 2.23. The summed E-state index contributed by atoms with van der Waals surface area (Å²) in [4.78, 5) is 40.3. The Morgan fingerprint density at radius 1 is 1.00 bits per heavy atom. The van der Waals surface area contributed by atoms with Crippen LogP contribution in [0, 0.1) is 0 Å². The minimum atomic E-state index is -0.624. The van der Waals surface area contributed by atoms with Crippen LogP contribution in [0.4, 0.5) is 0 Å². The molecular formula is C23H25ClN2O5. The Labute approximate surface area is 186 Å². The van der Waals surface area contributed by atoms with Gasteiger partial charge in [0.2, 0.25) is 0 Å². The van der Waals surface area contributed by atoms with Crippen LogP contribution >= 0.6 is 11.6 Å². The molecule has 8 heteroatoms. The van der Waals surface area contributed by atoms with E-state index in [0.29, 0.717) is 23.7 Å². The predicted octanol–water partition coefficient (Wildman–Crippen LogP) is 3.05. The molecule has 2 aromatic carbocycles. The molecule has 2 aromatic rings.